The lowest BCUT2D eigenvalue weighted by molar-refractivity contribution is 0.498. The summed E-state index contributed by atoms with van der Waals surface area (Å²) in [6.45, 7) is 7.78. The summed E-state index contributed by atoms with van der Waals surface area (Å²) >= 11 is 0. The number of nitrogens with one attached hydrogen (secondary N) is 1. The summed E-state index contributed by atoms with van der Waals surface area (Å²) in [6.07, 6.45) is 0. The van der Waals surface area contributed by atoms with Gasteiger partial charge >= 0.3 is 0 Å². The van der Waals surface area contributed by atoms with Gasteiger partial charge in [-0.15, -0.1) is 0 Å². The molecule has 0 amide bonds. The van der Waals surface area contributed by atoms with Crippen molar-refractivity contribution in [1.82, 2.24) is 5.32 Å². The third kappa shape index (κ3) is 2.86. The van der Waals surface area contributed by atoms with Crippen LogP contribution in [0.25, 0.3) is 10.8 Å². The Kier molecular flexibility index (Phi) is 3.80. The highest BCUT2D eigenvalue weighted by Gasteiger charge is 2.08. The van der Waals surface area contributed by atoms with Crippen molar-refractivity contribution in [2.24, 2.45) is 5.92 Å². The summed E-state index contributed by atoms with van der Waals surface area (Å²) in [6, 6.07) is 15.5. The molecule has 1 heteroatoms. The molecule has 0 aliphatic heterocycles. The van der Waals surface area contributed by atoms with E-state index >= 15 is 0 Å². The molecule has 0 aliphatic carbocycles. The van der Waals surface area contributed by atoms with Crippen LogP contribution in [0.1, 0.15) is 32.4 Å². The molecule has 90 valence electrons. The first-order chi connectivity index (χ1) is 8.18. The maximum Gasteiger partial charge on any atom is 0.0298 e. The van der Waals surface area contributed by atoms with E-state index < -0.39 is 0 Å². The molecule has 1 unspecified atom stereocenters. The molecule has 0 heterocycles. The lowest BCUT2D eigenvalue weighted by Gasteiger charge is -2.17. The normalized spacial score (nSPS) is 13.2. The van der Waals surface area contributed by atoms with Crippen LogP contribution in [-0.4, -0.2) is 6.54 Å². The maximum atomic E-state index is 3.59. The number of hydrogen-bond acceptors (Lipinski definition) is 1. The van der Waals surface area contributed by atoms with E-state index in [-0.39, 0.29) is 0 Å². The molecule has 1 atom stereocenters. The van der Waals surface area contributed by atoms with Gasteiger partial charge in [-0.2, -0.15) is 0 Å². The van der Waals surface area contributed by atoms with Crippen LogP contribution in [0.5, 0.6) is 0 Å². The fraction of sp³-hybridized carbons (Fsp3) is 0.375. The summed E-state index contributed by atoms with van der Waals surface area (Å²) in [5.74, 6) is 0.687. The minimum Gasteiger partial charge on any atom is -0.310 e. The van der Waals surface area contributed by atoms with E-state index in [2.05, 4.69) is 68.6 Å². The molecule has 0 bridgehead atoms. The molecule has 2 rings (SSSR count). The quantitative estimate of drug-likeness (QED) is 0.827. The second kappa shape index (κ2) is 5.33. The zero-order chi connectivity index (χ0) is 12.3. The number of fused-ring (bicyclic) bond motifs is 1. The van der Waals surface area contributed by atoms with Crippen molar-refractivity contribution in [1.29, 1.82) is 0 Å². The lowest BCUT2D eigenvalue weighted by atomic mass is 9.99. The van der Waals surface area contributed by atoms with Crippen LogP contribution >= 0.6 is 0 Å². The molecule has 0 saturated carbocycles. The molecule has 0 fully saturated rings. The third-order valence-electron chi connectivity index (χ3n) is 3.12. The van der Waals surface area contributed by atoms with Gasteiger partial charge in [-0.05, 0) is 35.7 Å². The first kappa shape index (κ1) is 12.1. The smallest absolute Gasteiger partial charge is 0.0298 e. The summed E-state index contributed by atoms with van der Waals surface area (Å²) in [7, 11) is 0. The Morgan fingerprint density at radius 1 is 0.941 bits per heavy atom. The summed E-state index contributed by atoms with van der Waals surface area (Å²) in [5, 5.41) is 6.27. The topological polar surface area (TPSA) is 12.0 Å². The zero-order valence-electron chi connectivity index (χ0n) is 10.9. The first-order valence-corrected chi connectivity index (χ1v) is 6.39. The van der Waals surface area contributed by atoms with Crippen molar-refractivity contribution in [2.45, 2.75) is 26.8 Å². The Morgan fingerprint density at radius 3 is 2.41 bits per heavy atom. The van der Waals surface area contributed by atoms with Crippen LogP contribution in [-0.2, 0) is 0 Å². The Bertz CT molecular complexity index is 482. The predicted octanol–water partition coefficient (Wildman–Crippen LogP) is 4.15. The van der Waals surface area contributed by atoms with Crippen molar-refractivity contribution in [3.8, 4) is 0 Å². The van der Waals surface area contributed by atoms with Gasteiger partial charge in [0.2, 0.25) is 0 Å². The average molecular weight is 227 g/mol. The Balaban J connectivity index is 2.28. The van der Waals surface area contributed by atoms with Crippen molar-refractivity contribution in [2.75, 3.05) is 6.54 Å². The molecule has 0 radical (unpaired) electrons. The van der Waals surface area contributed by atoms with Gasteiger partial charge in [-0.1, -0.05) is 56.3 Å². The van der Waals surface area contributed by atoms with Gasteiger partial charge in [0.1, 0.15) is 0 Å². The van der Waals surface area contributed by atoms with Crippen molar-refractivity contribution in [3.05, 3.63) is 48.0 Å². The summed E-state index contributed by atoms with van der Waals surface area (Å²) in [5.41, 5.74) is 1.39. The predicted molar refractivity (Wildman–Crippen MR) is 75.2 cm³/mol. The van der Waals surface area contributed by atoms with Crippen LogP contribution in [0.3, 0.4) is 0 Å². The van der Waals surface area contributed by atoms with Gasteiger partial charge in [-0.25, -0.2) is 0 Å². The largest absolute Gasteiger partial charge is 0.310 e. The molecule has 17 heavy (non-hydrogen) atoms. The minimum absolute atomic E-state index is 0.406. The lowest BCUT2D eigenvalue weighted by Crippen LogP contribution is -2.23. The van der Waals surface area contributed by atoms with E-state index in [1.165, 1.54) is 16.3 Å². The second-order valence-corrected chi connectivity index (χ2v) is 5.09. The van der Waals surface area contributed by atoms with E-state index in [4.69, 9.17) is 0 Å². The maximum absolute atomic E-state index is 3.59. The van der Waals surface area contributed by atoms with Crippen LogP contribution in [0.4, 0.5) is 0 Å². The highest BCUT2D eigenvalue weighted by Crippen LogP contribution is 2.23. The highest BCUT2D eigenvalue weighted by atomic mass is 14.9. The SMILES string of the molecule is CC(C)CNC(C)c1cccc2ccccc12. The standard InChI is InChI=1S/C16H21N/c1-12(2)11-17-13(3)15-10-6-8-14-7-4-5-9-16(14)15/h4-10,12-13,17H,11H2,1-3H3. The van der Waals surface area contributed by atoms with Crippen molar-refractivity contribution in [3.63, 3.8) is 0 Å². The zero-order valence-corrected chi connectivity index (χ0v) is 10.9. The molecule has 1 nitrogen and oxygen atoms in total. The van der Waals surface area contributed by atoms with Crippen molar-refractivity contribution >= 4 is 10.8 Å². The third-order valence-corrected chi connectivity index (χ3v) is 3.12. The second-order valence-electron chi connectivity index (χ2n) is 5.09. The van der Waals surface area contributed by atoms with Gasteiger partial charge < -0.3 is 5.32 Å². The van der Waals surface area contributed by atoms with Crippen LogP contribution in [0.15, 0.2) is 42.5 Å². The van der Waals surface area contributed by atoms with Gasteiger partial charge in [0, 0.05) is 6.04 Å². The highest BCUT2D eigenvalue weighted by molar-refractivity contribution is 5.86. The number of rotatable bonds is 4. The van der Waals surface area contributed by atoms with E-state index in [1.807, 2.05) is 0 Å². The molecule has 0 spiro atoms. The number of hydrogen-bond donors (Lipinski definition) is 1. The molecular formula is C16H21N. The van der Waals surface area contributed by atoms with Gasteiger partial charge in [0.05, 0.1) is 0 Å². The fourth-order valence-electron chi connectivity index (χ4n) is 2.15. The first-order valence-electron chi connectivity index (χ1n) is 6.39. The monoisotopic (exact) mass is 227 g/mol. The molecule has 1 N–H and O–H groups in total. The Labute approximate surface area is 104 Å². The van der Waals surface area contributed by atoms with E-state index in [1.54, 1.807) is 0 Å². The minimum atomic E-state index is 0.406. The van der Waals surface area contributed by atoms with Crippen molar-refractivity contribution < 1.29 is 0 Å². The molecule has 2 aromatic carbocycles. The van der Waals surface area contributed by atoms with E-state index in [0.717, 1.165) is 6.54 Å². The average Bonchev–Trinajstić information content (AvgIpc) is 2.35. The van der Waals surface area contributed by atoms with Gasteiger partial charge in [-0.3, -0.25) is 0 Å². The van der Waals surface area contributed by atoms with Crippen LogP contribution in [0, 0.1) is 5.92 Å². The molecule has 0 saturated heterocycles. The molecular weight excluding hydrogens is 206 g/mol. The summed E-state index contributed by atoms with van der Waals surface area (Å²) < 4.78 is 0. The molecule has 2 aromatic rings. The van der Waals surface area contributed by atoms with Crippen LogP contribution in [0.2, 0.25) is 0 Å². The van der Waals surface area contributed by atoms with Gasteiger partial charge in [0.25, 0.3) is 0 Å². The molecule has 0 aliphatic rings. The Hall–Kier alpha value is -1.34. The number of benzene rings is 2. The summed E-state index contributed by atoms with van der Waals surface area (Å²) in [4.78, 5) is 0. The fourth-order valence-corrected chi connectivity index (χ4v) is 2.15. The van der Waals surface area contributed by atoms with Gasteiger partial charge in [0.15, 0.2) is 0 Å². The van der Waals surface area contributed by atoms with Crippen LogP contribution < -0.4 is 5.32 Å². The van der Waals surface area contributed by atoms with E-state index in [9.17, 15) is 0 Å². The Morgan fingerprint density at radius 2 is 1.65 bits per heavy atom. The van der Waals surface area contributed by atoms with E-state index in [0.29, 0.717) is 12.0 Å². The molecule has 0 aromatic heterocycles.